The van der Waals surface area contributed by atoms with E-state index in [0.717, 1.165) is 11.1 Å². The van der Waals surface area contributed by atoms with Gasteiger partial charge in [0.2, 0.25) is 10.0 Å². The maximum absolute atomic E-state index is 13.6. The van der Waals surface area contributed by atoms with Crippen LogP contribution in [-0.4, -0.2) is 25.2 Å². The lowest BCUT2D eigenvalue weighted by Crippen LogP contribution is -2.42. The van der Waals surface area contributed by atoms with E-state index in [4.69, 9.17) is 16.3 Å². The summed E-state index contributed by atoms with van der Waals surface area (Å²) in [5, 5.41) is 6.63. The van der Waals surface area contributed by atoms with Crippen LogP contribution in [0.3, 0.4) is 0 Å². The third-order valence-electron chi connectivity index (χ3n) is 5.91. The summed E-state index contributed by atoms with van der Waals surface area (Å²) in [6.45, 7) is 0.0204. The van der Waals surface area contributed by atoms with Crippen LogP contribution in [0.4, 0.5) is 11.4 Å². The number of para-hydroxylation sites is 1. The van der Waals surface area contributed by atoms with Crippen molar-refractivity contribution >= 4 is 38.9 Å². The Hall–Kier alpha value is -3.85. The number of fused-ring (bicyclic) bond motifs is 1. The molecular weight excluding hydrogens is 510 g/mol. The number of hydrogen-bond donors (Lipinski definition) is 2. The molecule has 5 rings (SSSR count). The van der Waals surface area contributed by atoms with Crippen LogP contribution in [0, 0.1) is 0 Å². The van der Waals surface area contributed by atoms with Gasteiger partial charge in [-0.2, -0.15) is 4.31 Å². The molecule has 4 aromatic carbocycles. The van der Waals surface area contributed by atoms with Crippen molar-refractivity contribution in [1.29, 1.82) is 0 Å². The van der Waals surface area contributed by atoms with Crippen molar-refractivity contribution in [2.24, 2.45) is 0 Å². The molecular formula is C28H24ClN3O4S. The van der Waals surface area contributed by atoms with Gasteiger partial charge in [-0.05, 0) is 53.6 Å². The number of anilines is 2. The smallest absolute Gasteiger partial charge is 0.262 e. The molecule has 0 unspecified atom stereocenters. The third kappa shape index (κ3) is 5.61. The van der Waals surface area contributed by atoms with E-state index in [1.54, 1.807) is 72.8 Å². The van der Waals surface area contributed by atoms with Crippen molar-refractivity contribution in [2.75, 3.05) is 17.2 Å². The number of carbonyl (C=O) groups excluding carboxylic acids is 1. The van der Waals surface area contributed by atoms with Crippen molar-refractivity contribution in [2.45, 2.75) is 17.6 Å². The molecule has 1 aliphatic rings. The van der Waals surface area contributed by atoms with E-state index in [-0.39, 0.29) is 24.0 Å². The van der Waals surface area contributed by atoms with Gasteiger partial charge in [-0.15, -0.1) is 0 Å². The second-order valence-electron chi connectivity index (χ2n) is 8.50. The highest BCUT2D eigenvalue weighted by molar-refractivity contribution is 7.89. The number of ether oxygens (including phenoxy) is 1. The third-order valence-corrected chi connectivity index (χ3v) is 8.01. The number of benzene rings is 4. The predicted octanol–water partition coefficient (Wildman–Crippen LogP) is 5.67. The number of rotatable bonds is 7. The van der Waals surface area contributed by atoms with Crippen LogP contribution < -0.4 is 15.4 Å². The molecule has 2 N–H and O–H groups in total. The van der Waals surface area contributed by atoms with Crippen molar-refractivity contribution < 1.29 is 17.9 Å². The van der Waals surface area contributed by atoms with Crippen molar-refractivity contribution in [1.82, 2.24) is 4.31 Å². The van der Waals surface area contributed by atoms with E-state index in [2.05, 4.69) is 10.6 Å². The fourth-order valence-electron chi connectivity index (χ4n) is 4.14. The van der Waals surface area contributed by atoms with Gasteiger partial charge in [0.05, 0.1) is 5.69 Å². The Morgan fingerprint density at radius 3 is 2.41 bits per heavy atom. The summed E-state index contributed by atoms with van der Waals surface area (Å²) in [7, 11) is -3.77. The van der Waals surface area contributed by atoms with Gasteiger partial charge in [0.25, 0.3) is 5.91 Å². The van der Waals surface area contributed by atoms with Crippen molar-refractivity contribution in [3.8, 4) is 5.75 Å². The minimum atomic E-state index is -3.77. The van der Waals surface area contributed by atoms with Gasteiger partial charge < -0.3 is 15.4 Å². The minimum absolute atomic E-state index is 0.185. The summed E-state index contributed by atoms with van der Waals surface area (Å²) >= 11 is 5.95. The first-order valence-electron chi connectivity index (χ1n) is 11.6. The average molecular weight is 534 g/mol. The Labute approximate surface area is 220 Å². The first-order valence-corrected chi connectivity index (χ1v) is 13.4. The zero-order valence-electron chi connectivity index (χ0n) is 19.7. The lowest BCUT2D eigenvalue weighted by atomic mass is 10.1. The van der Waals surface area contributed by atoms with Gasteiger partial charge in [-0.25, -0.2) is 8.42 Å². The summed E-state index contributed by atoms with van der Waals surface area (Å²) < 4.78 is 34.3. The molecule has 0 aliphatic carbocycles. The summed E-state index contributed by atoms with van der Waals surface area (Å²) in [6, 6.07) is 30.2. The van der Waals surface area contributed by atoms with E-state index in [9.17, 15) is 13.2 Å². The Morgan fingerprint density at radius 2 is 1.65 bits per heavy atom. The summed E-state index contributed by atoms with van der Waals surface area (Å²) in [6.07, 6.45) is -0.625. The number of amides is 1. The molecule has 188 valence electrons. The molecule has 1 atom stereocenters. The zero-order chi connectivity index (χ0) is 25.8. The number of carbonyl (C=O) groups is 1. The molecule has 7 nitrogen and oxygen atoms in total. The van der Waals surface area contributed by atoms with Crippen LogP contribution in [0.25, 0.3) is 0 Å². The molecule has 0 radical (unpaired) electrons. The number of nitrogens with one attached hydrogen (secondary N) is 2. The van der Waals surface area contributed by atoms with Gasteiger partial charge in [-0.3, -0.25) is 4.79 Å². The first kappa shape index (κ1) is 24.8. The van der Waals surface area contributed by atoms with E-state index in [1.807, 2.05) is 30.3 Å². The molecule has 0 fully saturated rings. The first-order chi connectivity index (χ1) is 17.9. The quantitative estimate of drug-likeness (QED) is 0.319. The number of hydrogen-bond acceptors (Lipinski definition) is 5. The van der Waals surface area contributed by atoms with Crippen LogP contribution in [-0.2, 0) is 21.4 Å². The fraction of sp³-hybridized carbons (Fsp3) is 0.107. The topological polar surface area (TPSA) is 87.7 Å². The summed E-state index contributed by atoms with van der Waals surface area (Å²) in [5.41, 5.74) is 2.75. The van der Waals surface area contributed by atoms with Gasteiger partial charge >= 0.3 is 0 Å². The molecule has 0 saturated carbocycles. The van der Waals surface area contributed by atoms with Crippen LogP contribution in [0.15, 0.2) is 108 Å². The second kappa shape index (κ2) is 10.6. The Morgan fingerprint density at radius 1 is 0.919 bits per heavy atom. The molecule has 0 bridgehead atoms. The van der Waals surface area contributed by atoms with Gasteiger partial charge in [0, 0.05) is 17.3 Å². The average Bonchev–Trinajstić information content (AvgIpc) is 2.90. The largest absolute Gasteiger partial charge is 0.484 e. The number of halogens is 1. The molecule has 0 aromatic heterocycles. The monoisotopic (exact) mass is 533 g/mol. The van der Waals surface area contributed by atoms with E-state index >= 15 is 0 Å². The number of nitrogens with zero attached hydrogens (tertiary/aromatic N) is 1. The lowest BCUT2D eigenvalue weighted by Gasteiger charge is -2.37. The lowest BCUT2D eigenvalue weighted by molar-refractivity contribution is -0.118. The predicted molar refractivity (Wildman–Crippen MR) is 144 cm³/mol. The Balaban J connectivity index is 1.34. The van der Waals surface area contributed by atoms with Crippen LogP contribution in [0.5, 0.6) is 5.75 Å². The summed E-state index contributed by atoms with van der Waals surface area (Å²) in [5.74, 6) is 0.163. The molecule has 37 heavy (non-hydrogen) atoms. The highest BCUT2D eigenvalue weighted by Gasteiger charge is 2.38. The highest BCUT2D eigenvalue weighted by Crippen LogP contribution is 2.39. The van der Waals surface area contributed by atoms with Gasteiger partial charge in [-0.1, -0.05) is 72.3 Å². The highest BCUT2D eigenvalue weighted by atomic mass is 35.5. The normalized spacial score (nSPS) is 16.3. The second-order valence-corrected chi connectivity index (χ2v) is 10.8. The maximum atomic E-state index is 13.6. The number of sulfonamides is 1. The Kier molecular flexibility index (Phi) is 7.14. The van der Waals surface area contributed by atoms with Gasteiger partial charge in [0.15, 0.2) is 6.61 Å². The summed E-state index contributed by atoms with van der Waals surface area (Å²) in [4.78, 5) is 12.5. The van der Waals surface area contributed by atoms with E-state index in [0.29, 0.717) is 22.1 Å². The Bertz CT molecular complexity index is 1510. The molecule has 1 amide bonds. The molecule has 4 aromatic rings. The molecule has 0 spiro atoms. The van der Waals surface area contributed by atoms with Crippen LogP contribution in [0.2, 0.25) is 5.02 Å². The minimum Gasteiger partial charge on any atom is -0.484 e. The molecule has 9 heteroatoms. The molecule has 1 aliphatic heterocycles. The molecule has 0 saturated heterocycles. The van der Waals surface area contributed by atoms with Crippen molar-refractivity contribution in [3.05, 3.63) is 119 Å². The fourth-order valence-corrected chi connectivity index (χ4v) is 6.01. The SMILES string of the molecule is O=C(COc1ccc([C@H]2Nc3ccccc3S(=O)(=O)N2Cc2ccccc2)cc1)Nc1cccc(Cl)c1. The van der Waals surface area contributed by atoms with Gasteiger partial charge in [0.1, 0.15) is 16.8 Å². The standard InChI is InChI=1S/C28H24ClN3O4S/c29-22-9-6-10-23(17-22)30-27(33)19-36-24-15-13-21(14-16-24)28-31-25-11-4-5-12-26(25)37(34,35)32(28)18-20-7-2-1-3-8-20/h1-17,28,31H,18-19H2,(H,30,33)/t28-/m0/s1. The van der Waals surface area contributed by atoms with E-state index < -0.39 is 16.2 Å². The van der Waals surface area contributed by atoms with Crippen LogP contribution >= 0.6 is 11.6 Å². The maximum Gasteiger partial charge on any atom is 0.262 e. The van der Waals surface area contributed by atoms with E-state index in [1.165, 1.54) is 4.31 Å². The zero-order valence-corrected chi connectivity index (χ0v) is 21.2. The van der Waals surface area contributed by atoms with Crippen molar-refractivity contribution in [3.63, 3.8) is 0 Å². The molecule has 1 heterocycles. The van der Waals surface area contributed by atoms with Crippen LogP contribution in [0.1, 0.15) is 17.3 Å².